The van der Waals surface area contributed by atoms with Crippen LogP contribution < -0.4 is 5.32 Å². The van der Waals surface area contributed by atoms with Crippen LogP contribution in [-0.2, 0) is 9.53 Å². The van der Waals surface area contributed by atoms with Gasteiger partial charge in [-0.15, -0.1) is 0 Å². The smallest absolute Gasteiger partial charge is 0.322 e. The van der Waals surface area contributed by atoms with E-state index >= 15 is 0 Å². The molecule has 0 aliphatic carbocycles. The zero-order chi connectivity index (χ0) is 9.84. The molecule has 1 N–H and O–H groups in total. The van der Waals surface area contributed by atoms with Crippen LogP contribution in [-0.4, -0.2) is 25.7 Å². The molecule has 0 aromatic carbocycles. The lowest BCUT2D eigenvalue weighted by atomic mass is 9.95. The zero-order valence-electron chi connectivity index (χ0n) is 8.67. The summed E-state index contributed by atoms with van der Waals surface area (Å²) < 4.78 is 4.69. The third kappa shape index (κ3) is 2.99. The number of hydrogen-bond donors (Lipinski definition) is 1. The molecule has 0 amide bonds. The Morgan fingerprint density at radius 3 is 2.85 bits per heavy atom. The maximum atomic E-state index is 11.2. The van der Waals surface area contributed by atoms with Gasteiger partial charge in [0.15, 0.2) is 0 Å². The van der Waals surface area contributed by atoms with E-state index in [1.54, 1.807) is 0 Å². The second-order valence-electron chi connectivity index (χ2n) is 4.22. The highest BCUT2D eigenvalue weighted by atomic mass is 16.5. The predicted molar refractivity (Wildman–Crippen MR) is 51.4 cm³/mol. The quantitative estimate of drug-likeness (QED) is 0.671. The molecule has 0 radical (unpaired) electrons. The molecular formula is C10H19NO2. The van der Waals surface area contributed by atoms with Crippen molar-refractivity contribution in [2.75, 3.05) is 13.7 Å². The average molecular weight is 185 g/mol. The Morgan fingerprint density at radius 2 is 2.31 bits per heavy atom. The van der Waals surface area contributed by atoms with Crippen molar-refractivity contribution in [2.45, 2.75) is 32.7 Å². The second-order valence-corrected chi connectivity index (χ2v) is 4.22. The number of carbonyl (C=O) groups excluding carboxylic acids is 1. The number of nitrogens with one attached hydrogen (secondary N) is 1. The van der Waals surface area contributed by atoms with Gasteiger partial charge in [0.05, 0.1) is 7.11 Å². The van der Waals surface area contributed by atoms with E-state index in [9.17, 15) is 4.79 Å². The Kier molecular flexibility index (Phi) is 3.72. The molecular weight excluding hydrogens is 166 g/mol. The van der Waals surface area contributed by atoms with Gasteiger partial charge < -0.3 is 10.1 Å². The predicted octanol–water partition coefficient (Wildman–Crippen LogP) is 1.18. The first-order valence-corrected chi connectivity index (χ1v) is 4.94. The van der Waals surface area contributed by atoms with E-state index in [2.05, 4.69) is 23.9 Å². The molecule has 0 aromatic rings. The van der Waals surface area contributed by atoms with Gasteiger partial charge in [0, 0.05) is 0 Å². The van der Waals surface area contributed by atoms with Crippen molar-refractivity contribution in [1.29, 1.82) is 0 Å². The molecule has 1 aliphatic heterocycles. The molecule has 0 spiro atoms. The normalized spacial score (nSPS) is 28.0. The molecule has 3 nitrogen and oxygen atoms in total. The lowest BCUT2D eigenvalue weighted by molar-refractivity contribution is -0.142. The summed E-state index contributed by atoms with van der Waals surface area (Å²) in [6.07, 6.45) is 2.13. The molecule has 1 saturated heterocycles. The average Bonchev–Trinajstić information content (AvgIpc) is 2.50. The molecule has 13 heavy (non-hydrogen) atoms. The van der Waals surface area contributed by atoms with E-state index in [4.69, 9.17) is 0 Å². The van der Waals surface area contributed by atoms with Crippen LogP contribution >= 0.6 is 0 Å². The van der Waals surface area contributed by atoms with E-state index in [0.717, 1.165) is 13.0 Å². The zero-order valence-corrected chi connectivity index (χ0v) is 8.67. The van der Waals surface area contributed by atoms with E-state index in [0.29, 0.717) is 11.8 Å². The standard InChI is InChI=1S/C10H19NO2/c1-7(2)4-8-5-9(11-6-8)10(12)13-3/h7-9,11H,4-6H2,1-3H3. The van der Waals surface area contributed by atoms with E-state index in [1.807, 2.05) is 0 Å². The lowest BCUT2D eigenvalue weighted by Crippen LogP contribution is -2.31. The van der Waals surface area contributed by atoms with E-state index in [-0.39, 0.29) is 12.0 Å². The highest BCUT2D eigenvalue weighted by molar-refractivity contribution is 5.75. The summed E-state index contributed by atoms with van der Waals surface area (Å²) in [5.41, 5.74) is 0. The van der Waals surface area contributed by atoms with Gasteiger partial charge in [0.1, 0.15) is 6.04 Å². The summed E-state index contributed by atoms with van der Waals surface area (Å²) in [5.74, 6) is 1.23. The highest BCUT2D eigenvalue weighted by Gasteiger charge is 2.29. The third-order valence-corrected chi connectivity index (χ3v) is 2.51. The molecule has 1 rings (SSSR count). The van der Waals surface area contributed by atoms with E-state index < -0.39 is 0 Å². The van der Waals surface area contributed by atoms with Crippen molar-refractivity contribution >= 4 is 5.97 Å². The SMILES string of the molecule is COC(=O)C1CC(CC(C)C)CN1. The Bertz CT molecular complexity index is 180. The fraction of sp³-hybridized carbons (Fsp3) is 0.900. The number of rotatable bonds is 3. The van der Waals surface area contributed by atoms with Crippen LogP contribution in [0.1, 0.15) is 26.7 Å². The summed E-state index contributed by atoms with van der Waals surface area (Å²) in [5, 5.41) is 3.19. The summed E-state index contributed by atoms with van der Waals surface area (Å²) >= 11 is 0. The Morgan fingerprint density at radius 1 is 1.62 bits per heavy atom. The number of ether oxygens (including phenoxy) is 1. The summed E-state index contributed by atoms with van der Waals surface area (Å²) in [7, 11) is 1.44. The van der Waals surface area contributed by atoms with Crippen LogP contribution in [0.25, 0.3) is 0 Å². The highest BCUT2D eigenvalue weighted by Crippen LogP contribution is 2.21. The Hall–Kier alpha value is -0.570. The summed E-state index contributed by atoms with van der Waals surface area (Å²) in [6.45, 7) is 5.38. The summed E-state index contributed by atoms with van der Waals surface area (Å²) in [4.78, 5) is 11.2. The minimum absolute atomic E-state index is 0.0613. The van der Waals surface area contributed by atoms with Crippen molar-refractivity contribution in [3.63, 3.8) is 0 Å². The number of hydrogen-bond acceptors (Lipinski definition) is 3. The molecule has 76 valence electrons. The minimum atomic E-state index is -0.119. The van der Waals surface area contributed by atoms with Gasteiger partial charge in [-0.25, -0.2) is 0 Å². The lowest BCUT2D eigenvalue weighted by Gasteiger charge is -2.10. The monoisotopic (exact) mass is 185 g/mol. The van der Waals surface area contributed by atoms with Gasteiger partial charge >= 0.3 is 5.97 Å². The molecule has 3 heteroatoms. The molecule has 1 heterocycles. The molecule has 0 bridgehead atoms. The first kappa shape index (κ1) is 10.5. The Balaban J connectivity index is 2.32. The van der Waals surface area contributed by atoms with Crippen molar-refractivity contribution in [1.82, 2.24) is 5.32 Å². The summed E-state index contributed by atoms with van der Waals surface area (Å²) in [6, 6.07) is -0.0613. The van der Waals surface area contributed by atoms with Crippen LogP contribution in [0.3, 0.4) is 0 Å². The van der Waals surface area contributed by atoms with Gasteiger partial charge in [-0.1, -0.05) is 13.8 Å². The van der Waals surface area contributed by atoms with Crippen LogP contribution in [0.4, 0.5) is 0 Å². The first-order valence-electron chi connectivity index (χ1n) is 4.94. The number of esters is 1. The number of methoxy groups -OCH3 is 1. The molecule has 2 atom stereocenters. The van der Waals surface area contributed by atoms with Crippen molar-refractivity contribution in [3.8, 4) is 0 Å². The topological polar surface area (TPSA) is 38.3 Å². The third-order valence-electron chi connectivity index (χ3n) is 2.51. The van der Waals surface area contributed by atoms with Crippen molar-refractivity contribution in [3.05, 3.63) is 0 Å². The van der Waals surface area contributed by atoms with Gasteiger partial charge in [-0.2, -0.15) is 0 Å². The first-order chi connectivity index (χ1) is 6.13. The maximum absolute atomic E-state index is 11.2. The van der Waals surface area contributed by atoms with E-state index in [1.165, 1.54) is 13.5 Å². The maximum Gasteiger partial charge on any atom is 0.322 e. The van der Waals surface area contributed by atoms with Crippen molar-refractivity contribution < 1.29 is 9.53 Å². The Labute approximate surface area is 79.8 Å². The molecule has 2 unspecified atom stereocenters. The van der Waals surface area contributed by atoms with Gasteiger partial charge in [-0.3, -0.25) is 4.79 Å². The fourth-order valence-corrected chi connectivity index (χ4v) is 1.98. The van der Waals surface area contributed by atoms with Crippen LogP contribution in [0.2, 0.25) is 0 Å². The molecule has 0 saturated carbocycles. The second kappa shape index (κ2) is 4.61. The largest absolute Gasteiger partial charge is 0.468 e. The minimum Gasteiger partial charge on any atom is -0.468 e. The molecule has 1 fully saturated rings. The molecule has 1 aliphatic rings. The van der Waals surface area contributed by atoms with Gasteiger partial charge in [0.25, 0.3) is 0 Å². The van der Waals surface area contributed by atoms with Crippen LogP contribution in [0.15, 0.2) is 0 Å². The van der Waals surface area contributed by atoms with Gasteiger partial charge in [-0.05, 0) is 31.2 Å². The van der Waals surface area contributed by atoms with Gasteiger partial charge in [0.2, 0.25) is 0 Å². The van der Waals surface area contributed by atoms with Crippen molar-refractivity contribution in [2.24, 2.45) is 11.8 Å². The van der Waals surface area contributed by atoms with Crippen LogP contribution in [0, 0.1) is 11.8 Å². The fourth-order valence-electron chi connectivity index (χ4n) is 1.98. The van der Waals surface area contributed by atoms with Crippen LogP contribution in [0.5, 0.6) is 0 Å². The molecule has 0 aromatic heterocycles. The number of carbonyl (C=O) groups is 1.